The molecule has 1 amide bonds. The van der Waals surface area contributed by atoms with Crippen LogP contribution in [-0.4, -0.2) is 24.1 Å². The topological polar surface area (TPSA) is 60.5 Å². The van der Waals surface area contributed by atoms with Crippen molar-refractivity contribution in [3.05, 3.63) is 64.1 Å². The van der Waals surface area contributed by atoms with E-state index in [0.717, 1.165) is 50.5 Å². The lowest BCUT2D eigenvalue weighted by Crippen LogP contribution is -2.15. The molecule has 0 spiro atoms. The molecule has 2 aromatic carbocycles. The molecule has 4 rings (SSSR count). The Morgan fingerprint density at radius 1 is 1.17 bits per heavy atom. The highest BCUT2D eigenvalue weighted by atomic mass is 32.2. The first-order chi connectivity index (χ1) is 14.2. The molecule has 0 unspecified atom stereocenters. The molecule has 3 aromatic rings. The molecule has 150 valence electrons. The summed E-state index contributed by atoms with van der Waals surface area (Å²) in [5, 5.41) is 5.80. The largest absolute Gasteiger partial charge is 0.490 e. The number of thioether (sulfide) groups is 1. The number of anilines is 1. The normalized spacial score (nSPS) is 13.0. The van der Waals surface area contributed by atoms with Gasteiger partial charge in [-0.15, -0.1) is 23.1 Å². The number of rotatable bonds is 6. The van der Waals surface area contributed by atoms with Crippen molar-refractivity contribution in [2.75, 3.05) is 18.5 Å². The first-order valence-electron chi connectivity index (χ1n) is 9.48. The molecule has 1 N–H and O–H groups in total. The lowest BCUT2D eigenvalue weighted by molar-refractivity contribution is -0.115. The van der Waals surface area contributed by atoms with Gasteiger partial charge in [0.25, 0.3) is 0 Å². The third kappa shape index (κ3) is 5.31. The van der Waals surface area contributed by atoms with E-state index in [4.69, 9.17) is 9.47 Å². The number of hydrogen-bond acceptors (Lipinski definition) is 6. The summed E-state index contributed by atoms with van der Waals surface area (Å²) in [6.07, 6.45) is 1.18. The Balaban J connectivity index is 1.32. The van der Waals surface area contributed by atoms with Gasteiger partial charge in [0.15, 0.2) is 11.5 Å². The predicted octanol–water partition coefficient (Wildman–Crippen LogP) is 5.09. The first kappa shape index (κ1) is 19.8. The standard InChI is InChI=1S/C22H22N2O3S2/c1-15-5-2-3-6-18(15)24-21(25)12-22-23-16(14-29-22)13-28-17-7-8-19-20(11-17)27-10-4-9-26-19/h2-3,5-8,11,14H,4,9-10,12-13H2,1H3,(H,24,25). The molecule has 29 heavy (non-hydrogen) atoms. The summed E-state index contributed by atoms with van der Waals surface area (Å²) in [4.78, 5) is 18.0. The quantitative estimate of drug-likeness (QED) is 0.557. The van der Waals surface area contributed by atoms with Gasteiger partial charge in [0.2, 0.25) is 5.91 Å². The van der Waals surface area contributed by atoms with Crippen molar-refractivity contribution >= 4 is 34.7 Å². The van der Waals surface area contributed by atoms with Crippen LogP contribution in [0.1, 0.15) is 22.7 Å². The molecule has 0 atom stereocenters. The minimum atomic E-state index is -0.0456. The van der Waals surface area contributed by atoms with E-state index in [-0.39, 0.29) is 12.3 Å². The number of nitrogens with zero attached hydrogens (tertiary/aromatic N) is 1. The Morgan fingerprint density at radius 3 is 2.86 bits per heavy atom. The molecule has 0 aliphatic carbocycles. The lowest BCUT2D eigenvalue weighted by atomic mass is 10.2. The molecule has 2 heterocycles. The minimum absolute atomic E-state index is 0.0456. The van der Waals surface area contributed by atoms with E-state index < -0.39 is 0 Å². The van der Waals surface area contributed by atoms with E-state index >= 15 is 0 Å². The van der Waals surface area contributed by atoms with Crippen LogP contribution in [0.3, 0.4) is 0 Å². The number of carbonyl (C=O) groups is 1. The van der Waals surface area contributed by atoms with E-state index in [1.807, 2.05) is 54.8 Å². The fourth-order valence-electron chi connectivity index (χ4n) is 2.93. The number of ether oxygens (including phenoxy) is 2. The number of para-hydroxylation sites is 1. The van der Waals surface area contributed by atoms with Crippen LogP contribution < -0.4 is 14.8 Å². The molecule has 0 fully saturated rings. The van der Waals surface area contributed by atoms with Gasteiger partial charge in [0.1, 0.15) is 5.01 Å². The van der Waals surface area contributed by atoms with Gasteiger partial charge in [-0.1, -0.05) is 18.2 Å². The molecular weight excluding hydrogens is 404 g/mol. The third-order valence-corrected chi connectivity index (χ3v) is 6.36. The minimum Gasteiger partial charge on any atom is -0.490 e. The van der Waals surface area contributed by atoms with Gasteiger partial charge >= 0.3 is 0 Å². The Labute approximate surface area is 178 Å². The van der Waals surface area contributed by atoms with Crippen molar-refractivity contribution in [3.63, 3.8) is 0 Å². The molecule has 7 heteroatoms. The molecule has 0 bridgehead atoms. The number of benzene rings is 2. The van der Waals surface area contributed by atoms with E-state index in [0.29, 0.717) is 13.2 Å². The lowest BCUT2D eigenvalue weighted by Gasteiger charge is -2.08. The van der Waals surface area contributed by atoms with Crippen LogP contribution in [0, 0.1) is 6.92 Å². The zero-order valence-corrected chi connectivity index (χ0v) is 17.8. The molecule has 0 radical (unpaired) electrons. The average molecular weight is 427 g/mol. The molecular formula is C22H22N2O3S2. The fourth-order valence-corrected chi connectivity index (χ4v) is 4.65. The Hall–Kier alpha value is -2.51. The van der Waals surface area contributed by atoms with Crippen LogP contribution in [0.4, 0.5) is 5.69 Å². The van der Waals surface area contributed by atoms with E-state index in [9.17, 15) is 4.79 Å². The number of nitrogens with one attached hydrogen (secondary N) is 1. The van der Waals surface area contributed by atoms with Crippen LogP contribution in [0.2, 0.25) is 0 Å². The van der Waals surface area contributed by atoms with Gasteiger partial charge in [-0.05, 0) is 36.8 Å². The Kier molecular flexibility index (Phi) is 6.36. The second-order valence-electron chi connectivity index (χ2n) is 6.72. The van der Waals surface area contributed by atoms with Crippen molar-refractivity contribution in [2.24, 2.45) is 0 Å². The number of aromatic nitrogens is 1. The third-order valence-electron chi connectivity index (χ3n) is 4.44. The molecule has 0 saturated carbocycles. The number of hydrogen-bond donors (Lipinski definition) is 1. The average Bonchev–Trinajstić information content (AvgIpc) is 3.02. The summed E-state index contributed by atoms with van der Waals surface area (Å²) in [5.41, 5.74) is 2.87. The molecule has 0 saturated heterocycles. The summed E-state index contributed by atoms with van der Waals surface area (Å²) < 4.78 is 11.4. The van der Waals surface area contributed by atoms with Crippen molar-refractivity contribution in [1.29, 1.82) is 0 Å². The maximum Gasteiger partial charge on any atom is 0.231 e. The van der Waals surface area contributed by atoms with Gasteiger partial charge < -0.3 is 14.8 Å². The number of aryl methyl sites for hydroxylation is 1. The highest BCUT2D eigenvalue weighted by Gasteiger charge is 2.12. The van der Waals surface area contributed by atoms with Crippen LogP contribution in [0.25, 0.3) is 0 Å². The first-order valence-corrected chi connectivity index (χ1v) is 11.3. The van der Waals surface area contributed by atoms with Crippen LogP contribution in [0.15, 0.2) is 52.7 Å². The number of carbonyl (C=O) groups excluding carboxylic acids is 1. The highest BCUT2D eigenvalue weighted by Crippen LogP contribution is 2.35. The van der Waals surface area contributed by atoms with E-state index in [1.54, 1.807) is 11.8 Å². The van der Waals surface area contributed by atoms with Gasteiger partial charge in [-0.3, -0.25) is 4.79 Å². The monoisotopic (exact) mass is 426 g/mol. The van der Waals surface area contributed by atoms with Crippen molar-refractivity contribution in [2.45, 2.75) is 30.4 Å². The van der Waals surface area contributed by atoms with Crippen molar-refractivity contribution in [3.8, 4) is 11.5 Å². The van der Waals surface area contributed by atoms with E-state index in [2.05, 4.69) is 10.3 Å². The van der Waals surface area contributed by atoms with Crippen LogP contribution >= 0.6 is 23.1 Å². The van der Waals surface area contributed by atoms with Crippen LogP contribution in [-0.2, 0) is 17.0 Å². The van der Waals surface area contributed by atoms with Gasteiger partial charge in [0, 0.05) is 28.1 Å². The summed E-state index contributed by atoms with van der Waals surface area (Å²) in [6, 6.07) is 13.8. The molecule has 1 aliphatic heterocycles. The molecule has 1 aliphatic rings. The van der Waals surface area contributed by atoms with Crippen molar-refractivity contribution in [1.82, 2.24) is 4.98 Å². The van der Waals surface area contributed by atoms with Gasteiger partial charge in [0.05, 0.1) is 25.3 Å². The second kappa shape index (κ2) is 9.33. The van der Waals surface area contributed by atoms with Crippen molar-refractivity contribution < 1.29 is 14.3 Å². The van der Waals surface area contributed by atoms with Gasteiger partial charge in [-0.25, -0.2) is 4.98 Å². The zero-order valence-electron chi connectivity index (χ0n) is 16.1. The number of fused-ring (bicyclic) bond motifs is 1. The fraction of sp³-hybridized carbons (Fsp3) is 0.273. The molecule has 1 aromatic heterocycles. The van der Waals surface area contributed by atoms with Gasteiger partial charge in [-0.2, -0.15) is 0 Å². The highest BCUT2D eigenvalue weighted by molar-refractivity contribution is 7.98. The molecule has 5 nitrogen and oxygen atoms in total. The summed E-state index contributed by atoms with van der Waals surface area (Å²) in [7, 11) is 0. The smallest absolute Gasteiger partial charge is 0.231 e. The number of amides is 1. The predicted molar refractivity (Wildman–Crippen MR) is 117 cm³/mol. The summed E-state index contributed by atoms with van der Waals surface area (Å²) in [6.45, 7) is 3.35. The maximum absolute atomic E-state index is 12.3. The van der Waals surface area contributed by atoms with E-state index in [1.165, 1.54) is 11.3 Å². The zero-order chi connectivity index (χ0) is 20.1. The SMILES string of the molecule is Cc1ccccc1NC(=O)Cc1nc(CSc2ccc3c(c2)OCCCO3)cs1. The van der Waals surface area contributed by atoms with Crippen LogP contribution in [0.5, 0.6) is 11.5 Å². The summed E-state index contributed by atoms with van der Waals surface area (Å²) in [5.74, 6) is 2.31. The summed E-state index contributed by atoms with van der Waals surface area (Å²) >= 11 is 3.22. The Bertz CT molecular complexity index is 1000. The Morgan fingerprint density at radius 2 is 2.00 bits per heavy atom. The second-order valence-corrected chi connectivity index (χ2v) is 8.71. The maximum atomic E-state index is 12.3. The number of thiazole rings is 1.